The van der Waals surface area contributed by atoms with Gasteiger partial charge in [0.25, 0.3) is 5.56 Å². The molecule has 0 bridgehead atoms. The molecule has 0 aliphatic rings. The quantitative estimate of drug-likeness (QED) is 0.422. The average Bonchev–Trinajstić information content (AvgIpc) is 2.71. The highest BCUT2D eigenvalue weighted by Gasteiger charge is 2.37. The van der Waals surface area contributed by atoms with Crippen LogP contribution in [0.25, 0.3) is 16.6 Å². The van der Waals surface area contributed by atoms with E-state index in [9.17, 15) is 27.5 Å². The van der Waals surface area contributed by atoms with Crippen molar-refractivity contribution in [3.8, 4) is 17.4 Å². The maximum absolute atomic E-state index is 14.4. The third-order valence-corrected chi connectivity index (χ3v) is 4.59. The van der Waals surface area contributed by atoms with E-state index in [0.717, 1.165) is 37.5 Å². The number of methoxy groups -OCH3 is 1. The number of rotatable bonds is 7. The summed E-state index contributed by atoms with van der Waals surface area (Å²) in [7, 11) is 1.24. The molecular weight excluding hydrogens is 420 g/mol. The minimum atomic E-state index is -5.04. The van der Waals surface area contributed by atoms with E-state index < -0.39 is 40.2 Å². The largest absolute Gasteiger partial charge is 0.506 e. The number of alkyl halides is 3. The molecule has 2 aromatic heterocycles. The van der Waals surface area contributed by atoms with Gasteiger partial charge in [0.15, 0.2) is 5.82 Å². The summed E-state index contributed by atoms with van der Waals surface area (Å²) in [6.45, 7) is 2.40. The molecule has 0 atom stereocenters. The van der Waals surface area contributed by atoms with Crippen LogP contribution in [-0.2, 0) is 6.18 Å². The van der Waals surface area contributed by atoms with Gasteiger partial charge < -0.3 is 15.2 Å². The lowest BCUT2D eigenvalue weighted by molar-refractivity contribution is -0.142. The molecule has 2 heterocycles. The lowest BCUT2D eigenvalue weighted by Crippen LogP contribution is -2.28. The fourth-order valence-corrected chi connectivity index (χ4v) is 3.13. The topological polar surface area (TPSA) is 89.3 Å². The Hall–Kier alpha value is -3.37. The average molecular weight is 440 g/mol. The number of anilines is 1. The van der Waals surface area contributed by atoms with Crippen molar-refractivity contribution in [2.75, 3.05) is 19.0 Å². The summed E-state index contributed by atoms with van der Waals surface area (Å²) in [4.78, 5) is 21.0. The molecule has 0 radical (unpaired) electrons. The van der Waals surface area contributed by atoms with Gasteiger partial charge in [0.2, 0.25) is 0 Å². The smallest absolute Gasteiger partial charge is 0.431 e. The van der Waals surface area contributed by atoms with E-state index in [1.54, 1.807) is 0 Å². The molecular formula is C20H20F4N4O3. The number of fused-ring (bicyclic) bond motifs is 1. The molecule has 0 fully saturated rings. The number of hydrogen-bond acceptors (Lipinski definition) is 6. The maximum atomic E-state index is 14.4. The summed E-state index contributed by atoms with van der Waals surface area (Å²) in [6, 6.07) is 3.34. The number of aromatic hydroxyl groups is 1. The number of hydrogen-bond donors (Lipinski definition) is 2. The Morgan fingerprint density at radius 1 is 1.23 bits per heavy atom. The van der Waals surface area contributed by atoms with E-state index in [1.165, 1.54) is 7.11 Å². The van der Waals surface area contributed by atoms with Crippen molar-refractivity contribution in [1.29, 1.82) is 0 Å². The van der Waals surface area contributed by atoms with Crippen molar-refractivity contribution < 1.29 is 27.4 Å². The van der Waals surface area contributed by atoms with Crippen LogP contribution in [0, 0.1) is 5.82 Å². The molecule has 0 spiro atoms. The van der Waals surface area contributed by atoms with E-state index in [1.807, 2.05) is 6.92 Å². The Morgan fingerprint density at radius 2 is 1.97 bits per heavy atom. The number of benzene rings is 1. The van der Waals surface area contributed by atoms with Crippen molar-refractivity contribution in [3.05, 3.63) is 46.1 Å². The number of para-hydroxylation sites is 1. The molecule has 3 aromatic rings. The zero-order chi connectivity index (χ0) is 22.8. The number of unbranched alkanes of at least 4 members (excludes halogenated alkanes) is 2. The van der Waals surface area contributed by atoms with Crippen LogP contribution in [0.3, 0.4) is 0 Å². The maximum Gasteiger partial charge on any atom is 0.431 e. The Labute approximate surface area is 174 Å². The first kappa shape index (κ1) is 22.3. The monoisotopic (exact) mass is 440 g/mol. The zero-order valence-corrected chi connectivity index (χ0v) is 16.8. The minimum absolute atomic E-state index is 0.00883. The van der Waals surface area contributed by atoms with Gasteiger partial charge >= 0.3 is 12.2 Å². The number of nitrogens with zero attached hydrogens (tertiary/aromatic N) is 3. The summed E-state index contributed by atoms with van der Waals surface area (Å²) >= 11 is 0. The highest BCUT2D eigenvalue weighted by molar-refractivity contribution is 5.89. The second-order valence-corrected chi connectivity index (χ2v) is 6.73. The van der Waals surface area contributed by atoms with Gasteiger partial charge in [-0.3, -0.25) is 9.36 Å². The number of phenolic OH excluding ortho intramolecular Hbond substituents is 1. The Balaban J connectivity index is 2.36. The third-order valence-electron chi connectivity index (χ3n) is 4.59. The first-order valence-electron chi connectivity index (χ1n) is 9.49. The van der Waals surface area contributed by atoms with Gasteiger partial charge in [-0.2, -0.15) is 23.1 Å². The molecule has 0 amide bonds. The van der Waals surface area contributed by atoms with E-state index in [-0.39, 0.29) is 21.8 Å². The van der Waals surface area contributed by atoms with Crippen molar-refractivity contribution in [3.63, 3.8) is 0 Å². The first-order chi connectivity index (χ1) is 14.7. The van der Waals surface area contributed by atoms with Gasteiger partial charge in [0.05, 0.1) is 12.5 Å². The molecule has 1 aromatic carbocycles. The molecule has 0 saturated carbocycles. The third kappa shape index (κ3) is 4.39. The van der Waals surface area contributed by atoms with Gasteiger partial charge in [-0.25, -0.2) is 4.39 Å². The lowest BCUT2D eigenvalue weighted by atomic mass is 10.2. The van der Waals surface area contributed by atoms with Crippen molar-refractivity contribution in [2.45, 2.75) is 32.4 Å². The Bertz CT molecular complexity index is 1140. The second-order valence-electron chi connectivity index (χ2n) is 6.73. The van der Waals surface area contributed by atoms with Crippen LogP contribution in [0.2, 0.25) is 0 Å². The fraction of sp³-hybridized carbons (Fsp3) is 0.350. The molecule has 3 rings (SSSR count). The molecule has 0 saturated heterocycles. The summed E-state index contributed by atoms with van der Waals surface area (Å²) < 4.78 is 61.1. The van der Waals surface area contributed by atoms with Crippen LogP contribution >= 0.6 is 0 Å². The molecule has 0 aliphatic heterocycles. The minimum Gasteiger partial charge on any atom is -0.506 e. The molecule has 0 unspecified atom stereocenters. The number of aromatic nitrogens is 3. The van der Waals surface area contributed by atoms with Gasteiger partial charge in [0, 0.05) is 6.54 Å². The first-order valence-corrected chi connectivity index (χ1v) is 9.49. The summed E-state index contributed by atoms with van der Waals surface area (Å²) in [6.07, 6.45) is -2.48. The van der Waals surface area contributed by atoms with Gasteiger partial charge in [-0.15, -0.1) is 0 Å². The van der Waals surface area contributed by atoms with Crippen molar-refractivity contribution in [1.82, 2.24) is 14.5 Å². The second kappa shape index (κ2) is 8.78. The number of halogens is 4. The van der Waals surface area contributed by atoms with Gasteiger partial charge in [-0.1, -0.05) is 25.8 Å². The summed E-state index contributed by atoms with van der Waals surface area (Å²) in [5, 5.41) is 12.7. The molecule has 31 heavy (non-hydrogen) atoms. The van der Waals surface area contributed by atoms with Crippen LogP contribution in [0.5, 0.6) is 11.8 Å². The van der Waals surface area contributed by atoms with Gasteiger partial charge in [0.1, 0.15) is 28.5 Å². The predicted molar refractivity (Wildman–Crippen MR) is 106 cm³/mol. The van der Waals surface area contributed by atoms with Crippen molar-refractivity contribution in [2.24, 2.45) is 0 Å². The van der Waals surface area contributed by atoms with Crippen LogP contribution in [0.1, 0.15) is 31.9 Å². The number of pyridine rings is 1. The summed E-state index contributed by atoms with van der Waals surface area (Å²) in [5.74, 6) is -2.04. The standard InChI is InChI=1S/C20H20F4N4O3/c1-3-4-5-9-25-17-11-10-14(20(22,23)24)28(16-12(21)7-6-8-13(16)29)18(30)15(11)26-19(27-17)31-2/h6-8,10,29H,3-5,9H2,1-2H3,(H,25,26,27). The van der Waals surface area contributed by atoms with E-state index >= 15 is 0 Å². The molecule has 2 N–H and O–H groups in total. The zero-order valence-electron chi connectivity index (χ0n) is 16.8. The fourth-order valence-electron chi connectivity index (χ4n) is 3.13. The highest BCUT2D eigenvalue weighted by Crippen LogP contribution is 2.36. The summed E-state index contributed by atoms with van der Waals surface area (Å²) in [5.41, 5.74) is -4.09. The number of phenols is 1. The lowest BCUT2D eigenvalue weighted by Gasteiger charge is -2.19. The van der Waals surface area contributed by atoms with Crippen LogP contribution < -0.4 is 15.6 Å². The molecule has 0 aliphatic carbocycles. The molecule has 166 valence electrons. The normalized spacial score (nSPS) is 11.7. The van der Waals surface area contributed by atoms with Crippen LogP contribution in [-0.4, -0.2) is 33.3 Å². The van der Waals surface area contributed by atoms with Crippen LogP contribution in [0.15, 0.2) is 29.1 Å². The highest BCUT2D eigenvalue weighted by atomic mass is 19.4. The number of ether oxygens (including phenoxy) is 1. The predicted octanol–water partition coefficient (Wildman–Crippen LogP) is 4.25. The Kier molecular flexibility index (Phi) is 6.32. The van der Waals surface area contributed by atoms with E-state index in [2.05, 4.69) is 15.3 Å². The van der Waals surface area contributed by atoms with Crippen LogP contribution in [0.4, 0.5) is 23.4 Å². The Morgan fingerprint density at radius 3 is 2.58 bits per heavy atom. The molecule has 11 heteroatoms. The van der Waals surface area contributed by atoms with Gasteiger partial charge in [-0.05, 0) is 24.6 Å². The number of nitrogens with one attached hydrogen (secondary N) is 1. The van der Waals surface area contributed by atoms with Crippen molar-refractivity contribution >= 4 is 16.7 Å². The molecule has 7 nitrogen and oxygen atoms in total. The van der Waals surface area contributed by atoms with E-state index in [4.69, 9.17) is 4.74 Å². The SMILES string of the molecule is CCCCCNc1nc(OC)nc2c(=O)n(-c3c(O)cccc3F)c(C(F)(F)F)cc12. The van der Waals surface area contributed by atoms with E-state index in [0.29, 0.717) is 12.6 Å².